The lowest BCUT2D eigenvalue weighted by Crippen LogP contribution is -2.48. The first-order valence-corrected chi connectivity index (χ1v) is 8.25. The highest BCUT2D eigenvalue weighted by molar-refractivity contribution is 6.00. The SMILES string of the molecule is COc1cc(N)c(C(=O)N2CCN(c3ccccc3)CC2)cc1OC. The van der Waals surface area contributed by atoms with Crippen LogP contribution in [0.3, 0.4) is 0 Å². The monoisotopic (exact) mass is 341 g/mol. The average Bonchev–Trinajstić information content (AvgIpc) is 2.68. The van der Waals surface area contributed by atoms with Gasteiger partial charge < -0.3 is 25.0 Å². The van der Waals surface area contributed by atoms with Crippen LogP contribution < -0.4 is 20.1 Å². The van der Waals surface area contributed by atoms with Gasteiger partial charge in [-0.3, -0.25) is 4.79 Å². The molecule has 6 nitrogen and oxygen atoms in total. The van der Waals surface area contributed by atoms with Crippen LogP contribution in [0.4, 0.5) is 11.4 Å². The van der Waals surface area contributed by atoms with Gasteiger partial charge in [0.1, 0.15) is 0 Å². The van der Waals surface area contributed by atoms with Crippen LogP contribution in [0.15, 0.2) is 42.5 Å². The molecule has 0 atom stereocenters. The quantitative estimate of drug-likeness (QED) is 0.864. The van der Waals surface area contributed by atoms with Gasteiger partial charge in [0.25, 0.3) is 5.91 Å². The summed E-state index contributed by atoms with van der Waals surface area (Å²) in [4.78, 5) is 17.0. The Balaban J connectivity index is 1.73. The lowest BCUT2D eigenvalue weighted by molar-refractivity contribution is 0.0747. The number of piperazine rings is 1. The number of benzene rings is 2. The number of ether oxygens (including phenoxy) is 2. The Morgan fingerprint density at radius 1 is 0.960 bits per heavy atom. The minimum atomic E-state index is -0.0776. The van der Waals surface area contributed by atoms with Gasteiger partial charge in [0.2, 0.25) is 0 Å². The third kappa shape index (κ3) is 3.47. The zero-order chi connectivity index (χ0) is 17.8. The highest BCUT2D eigenvalue weighted by atomic mass is 16.5. The second-order valence-corrected chi connectivity index (χ2v) is 5.91. The zero-order valence-corrected chi connectivity index (χ0v) is 14.6. The van der Waals surface area contributed by atoms with E-state index in [1.165, 1.54) is 5.69 Å². The van der Waals surface area contributed by atoms with Gasteiger partial charge in [-0.05, 0) is 18.2 Å². The van der Waals surface area contributed by atoms with E-state index in [0.717, 1.165) is 13.1 Å². The number of carbonyl (C=O) groups excluding carboxylic acids is 1. The first-order chi connectivity index (χ1) is 12.1. The van der Waals surface area contributed by atoms with E-state index in [1.54, 1.807) is 26.4 Å². The fourth-order valence-electron chi connectivity index (χ4n) is 3.06. The number of nitrogens with two attached hydrogens (primary N) is 1. The summed E-state index contributed by atoms with van der Waals surface area (Å²) in [6, 6.07) is 13.5. The Hall–Kier alpha value is -2.89. The van der Waals surface area contributed by atoms with Crippen molar-refractivity contribution < 1.29 is 14.3 Å². The molecular formula is C19H23N3O3. The van der Waals surface area contributed by atoms with E-state index < -0.39 is 0 Å². The van der Waals surface area contributed by atoms with Crippen LogP contribution in [0.25, 0.3) is 0 Å². The van der Waals surface area contributed by atoms with Crippen molar-refractivity contribution in [2.45, 2.75) is 0 Å². The van der Waals surface area contributed by atoms with Gasteiger partial charge in [0.15, 0.2) is 11.5 Å². The fourth-order valence-corrected chi connectivity index (χ4v) is 3.06. The lowest BCUT2D eigenvalue weighted by Gasteiger charge is -2.36. The molecule has 3 rings (SSSR count). The molecule has 25 heavy (non-hydrogen) atoms. The van der Waals surface area contributed by atoms with E-state index in [9.17, 15) is 4.79 Å². The van der Waals surface area contributed by atoms with Crippen LogP contribution in [0.2, 0.25) is 0 Å². The smallest absolute Gasteiger partial charge is 0.256 e. The standard InChI is InChI=1S/C19H23N3O3/c1-24-17-12-15(16(20)13-18(17)25-2)19(23)22-10-8-21(9-11-22)14-6-4-3-5-7-14/h3-7,12-13H,8-11,20H2,1-2H3. The number of nitrogens with zero attached hydrogens (tertiary/aromatic N) is 2. The Morgan fingerprint density at radius 3 is 2.16 bits per heavy atom. The highest BCUT2D eigenvalue weighted by Gasteiger charge is 2.25. The minimum Gasteiger partial charge on any atom is -0.493 e. The van der Waals surface area contributed by atoms with Crippen molar-refractivity contribution in [3.8, 4) is 11.5 Å². The van der Waals surface area contributed by atoms with Crippen molar-refractivity contribution >= 4 is 17.3 Å². The molecule has 1 heterocycles. The van der Waals surface area contributed by atoms with Gasteiger partial charge in [-0.2, -0.15) is 0 Å². The van der Waals surface area contributed by atoms with Gasteiger partial charge in [-0.1, -0.05) is 18.2 Å². The molecule has 0 bridgehead atoms. The largest absolute Gasteiger partial charge is 0.493 e. The first-order valence-electron chi connectivity index (χ1n) is 8.25. The molecule has 0 spiro atoms. The Kier molecular flexibility index (Phi) is 4.97. The Bertz CT molecular complexity index is 741. The van der Waals surface area contributed by atoms with Crippen molar-refractivity contribution in [3.05, 3.63) is 48.0 Å². The van der Waals surface area contributed by atoms with Crippen molar-refractivity contribution in [3.63, 3.8) is 0 Å². The number of methoxy groups -OCH3 is 2. The molecule has 1 aliphatic heterocycles. The number of hydrogen-bond acceptors (Lipinski definition) is 5. The number of carbonyl (C=O) groups is 1. The third-order valence-corrected chi connectivity index (χ3v) is 4.47. The molecular weight excluding hydrogens is 318 g/mol. The molecule has 2 aromatic rings. The number of hydrogen-bond donors (Lipinski definition) is 1. The predicted molar refractivity (Wildman–Crippen MR) is 98.5 cm³/mol. The van der Waals surface area contributed by atoms with Crippen molar-refractivity contribution in [1.29, 1.82) is 0 Å². The molecule has 1 fully saturated rings. The zero-order valence-electron chi connectivity index (χ0n) is 14.6. The minimum absolute atomic E-state index is 0.0776. The molecule has 6 heteroatoms. The number of para-hydroxylation sites is 1. The number of nitrogen functional groups attached to an aromatic ring is 1. The third-order valence-electron chi connectivity index (χ3n) is 4.47. The maximum Gasteiger partial charge on any atom is 0.256 e. The van der Waals surface area contributed by atoms with Crippen LogP contribution in [0, 0.1) is 0 Å². The van der Waals surface area contributed by atoms with Gasteiger partial charge >= 0.3 is 0 Å². The molecule has 0 saturated carbocycles. The normalized spacial score (nSPS) is 14.3. The second-order valence-electron chi connectivity index (χ2n) is 5.91. The van der Waals surface area contributed by atoms with E-state index in [-0.39, 0.29) is 5.91 Å². The maximum absolute atomic E-state index is 12.9. The van der Waals surface area contributed by atoms with Crippen molar-refractivity contribution in [1.82, 2.24) is 4.90 Å². The first kappa shape index (κ1) is 17.0. The molecule has 1 saturated heterocycles. The van der Waals surface area contributed by atoms with Crippen LogP contribution in [0.5, 0.6) is 11.5 Å². The topological polar surface area (TPSA) is 68.0 Å². The predicted octanol–water partition coefficient (Wildman–Crippen LogP) is 2.25. The summed E-state index contributed by atoms with van der Waals surface area (Å²) in [6.07, 6.45) is 0. The molecule has 0 unspecified atom stereocenters. The van der Waals surface area contributed by atoms with Crippen LogP contribution in [-0.4, -0.2) is 51.2 Å². The number of anilines is 2. The van der Waals surface area contributed by atoms with Gasteiger partial charge in [0.05, 0.1) is 19.8 Å². The molecule has 132 valence electrons. The summed E-state index contributed by atoms with van der Waals surface area (Å²) >= 11 is 0. The Morgan fingerprint density at radius 2 is 1.56 bits per heavy atom. The maximum atomic E-state index is 12.9. The Labute approximate surface area is 147 Å². The van der Waals surface area contributed by atoms with E-state index in [1.807, 2.05) is 23.1 Å². The number of amides is 1. The van der Waals surface area contributed by atoms with Gasteiger partial charge in [0, 0.05) is 43.6 Å². The summed E-state index contributed by atoms with van der Waals surface area (Å²) in [5, 5.41) is 0. The summed E-state index contributed by atoms with van der Waals surface area (Å²) < 4.78 is 10.5. The highest BCUT2D eigenvalue weighted by Crippen LogP contribution is 2.32. The molecule has 2 aromatic carbocycles. The van der Waals surface area contributed by atoms with E-state index in [2.05, 4.69) is 17.0 Å². The summed E-state index contributed by atoms with van der Waals surface area (Å²) in [7, 11) is 3.09. The van der Waals surface area contributed by atoms with Crippen LogP contribution in [-0.2, 0) is 0 Å². The molecule has 1 aliphatic rings. The van der Waals surface area contributed by atoms with Crippen LogP contribution >= 0.6 is 0 Å². The van der Waals surface area contributed by atoms with E-state index >= 15 is 0 Å². The molecule has 0 aliphatic carbocycles. The summed E-state index contributed by atoms with van der Waals surface area (Å²) in [5.41, 5.74) is 8.08. The van der Waals surface area contributed by atoms with Crippen LogP contribution in [0.1, 0.15) is 10.4 Å². The number of rotatable bonds is 4. The second kappa shape index (κ2) is 7.34. The summed E-state index contributed by atoms with van der Waals surface area (Å²) in [5.74, 6) is 0.944. The van der Waals surface area contributed by atoms with E-state index in [4.69, 9.17) is 15.2 Å². The average molecular weight is 341 g/mol. The van der Waals surface area contributed by atoms with Crippen molar-refractivity contribution in [2.24, 2.45) is 0 Å². The fraction of sp³-hybridized carbons (Fsp3) is 0.316. The van der Waals surface area contributed by atoms with Gasteiger partial charge in [-0.25, -0.2) is 0 Å². The van der Waals surface area contributed by atoms with Gasteiger partial charge in [-0.15, -0.1) is 0 Å². The molecule has 0 radical (unpaired) electrons. The summed E-state index contributed by atoms with van der Waals surface area (Å²) in [6.45, 7) is 2.90. The van der Waals surface area contributed by atoms with E-state index in [0.29, 0.717) is 35.8 Å². The molecule has 2 N–H and O–H groups in total. The molecule has 1 amide bonds. The van der Waals surface area contributed by atoms with Crippen molar-refractivity contribution in [2.75, 3.05) is 51.0 Å². The lowest BCUT2D eigenvalue weighted by atomic mass is 10.1. The molecule has 0 aromatic heterocycles.